The van der Waals surface area contributed by atoms with E-state index in [-0.39, 0.29) is 4.90 Å². The van der Waals surface area contributed by atoms with Gasteiger partial charge in [-0.1, -0.05) is 17.7 Å². The van der Waals surface area contributed by atoms with Crippen LogP contribution in [0.2, 0.25) is 0 Å². The number of rotatable bonds is 3. The topological polar surface area (TPSA) is 58.5 Å². The van der Waals surface area contributed by atoms with E-state index in [4.69, 9.17) is 0 Å². The Morgan fingerprint density at radius 2 is 1.90 bits per heavy atom. The molecule has 3 rings (SSSR count). The molecule has 0 radical (unpaired) electrons. The minimum absolute atomic E-state index is 0.235. The minimum Gasteiger partial charge on any atom is -0.200 e. The van der Waals surface area contributed by atoms with Crippen LogP contribution in [-0.4, -0.2) is 14.1 Å². The van der Waals surface area contributed by atoms with Gasteiger partial charge in [0, 0.05) is 10.4 Å². The average molecular weight is 320 g/mol. The van der Waals surface area contributed by atoms with Crippen LogP contribution in [0.3, 0.4) is 0 Å². The minimum atomic E-state index is -3.60. The standard InChI is InChI=1S/C15H16N2O2S2/c1-11-5-7-12(8-6-11)21(18,19)17-16-14-3-2-4-15-13(14)9-10-20-15/h5-10,17H,2-4H2,1H3. The number of nitrogens with zero attached hydrogens (tertiary/aromatic N) is 1. The van der Waals surface area contributed by atoms with Crippen LogP contribution < -0.4 is 4.83 Å². The third-order valence-corrected chi connectivity index (χ3v) is 5.71. The second-order valence-corrected chi connectivity index (χ2v) is 7.74. The molecule has 0 saturated carbocycles. The zero-order chi connectivity index (χ0) is 14.9. The van der Waals surface area contributed by atoms with Crippen molar-refractivity contribution in [3.8, 4) is 0 Å². The summed E-state index contributed by atoms with van der Waals surface area (Å²) in [6.07, 6.45) is 2.87. The first-order chi connectivity index (χ1) is 10.1. The Morgan fingerprint density at radius 1 is 1.14 bits per heavy atom. The van der Waals surface area contributed by atoms with E-state index in [9.17, 15) is 8.42 Å². The highest BCUT2D eigenvalue weighted by Crippen LogP contribution is 2.26. The van der Waals surface area contributed by atoms with E-state index >= 15 is 0 Å². The van der Waals surface area contributed by atoms with Gasteiger partial charge in [0.25, 0.3) is 10.0 Å². The number of hydrazone groups is 1. The summed E-state index contributed by atoms with van der Waals surface area (Å²) in [5, 5.41) is 6.18. The Morgan fingerprint density at radius 3 is 2.67 bits per heavy atom. The van der Waals surface area contributed by atoms with Crippen LogP contribution in [0.15, 0.2) is 45.7 Å². The van der Waals surface area contributed by atoms with E-state index in [1.165, 1.54) is 4.88 Å². The molecule has 110 valence electrons. The molecular weight excluding hydrogens is 304 g/mol. The van der Waals surface area contributed by atoms with Crippen LogP contribution in [-0.2, 0) is 16.4 Å². The molecule has 6 heteroatoms. The predicted molar refractivity (Wildman–Crippen MR) is 85.3 cm³/mol. The summed E-state index contributed by atoms with van der Waals surface area (Å²) in [5.74, 6) is 0. The summed E-state index contributed by atoms with van der Waals surface area (Å²) in [6, 6.07) is 8.75. The van der Waals surface area contributed by atoms with Crippen molar-refractivity contribution in [3.05, 3.63) is 51.7 Å². The average Bonchev–Trinajstić information content (AvgIpc) is 2.94. The Hall–Kier alpha value is -1.66. The highest BCUT2D eigenvalue weighted by atomic mass is 32.2. The maximum atomic E-state index is 12.2. The Labute approximate surface area is 128 Å². The fraction of sp³-hybridized carbons (Fsp3) is 0.267. The molecule has 1 N–H and O–H groups in total. The lowest BCUT2D eigenvalue weighted by Crippen LogP contribution is -2.22. The number of thiophene rings is 1. The second-order valence-electron chi connectivity index (χ2n) is 5.08. The monoisotopic (exact) mass is 320 g/mol. The molecule has 0 unspecified atom stereocenters. The normalized spacial score (nSPS) is 16.7. The Balaban J connectivity index is 1.85. The summed E-state index contributed by atoms with van der Waals surface area (Å²) in [5.41, 5.74) is 2.93. The van der Waals surface area contributed by atoms with Gasteiger partial charge < -0.3 is 0 Å². The molecule has 0 atom stereocenters. The molecular formula is C15H16N2O2S2. The van der Waals surface area contributed by atoms with Gasteiger partial charge in [-0.05, 0) is 49.8 Å². The van der Waals surface area contributed by atoms with Crippen molar-refractivity contribution in [1.82, 2.24) is 4.83 Å². The van der Waals surface area contributed by atoms with E-state index in [0.29, 0.717) is 0 Å². The number of sulfonamides is 1. The highest BCUT2D eigenvalue weighted by molar-refractivity contribution is 7.89. The van der Waals surface area contributed by atoms with Crippen LogP contribution in [0.4, 0.5) is 0 Å². The number of nitrogens with one attached hydrogen (secondary N) is 1. The smallest absolute Gasteiger partial charge is 0.200 e. The van der Waals surface area contributed by atoms with Crippen molar-refractivity contribution in [3.63, 3.8) is 0 Å². The quantitative estimate of drug-likeness (QED) is 0.884. The van der Waals surface area contributed by atoms with E-state index < -0.39 is 10.0 Å². The number of aryl methyl sites for hydroxylation is 2. The van der Waals surface area contributed by atoms with Gasteiger partial charge >= 0.3 is 0 Å². The van der Waals surface area contributed by atoms with Crippen molar-refractivity contribution in [2.75, 3.05) is 0 Å². The maximum Gasteiger partial charge on any atom is 0.276 e. The van der Waals surface area contributed by atoms with Crippen molar-refractivity contribution in [1.29, 1.82) is 0 Å². The molecule has 0 bridgehead atoms. The van der Waals surface area contributed by atoms with E-state index in [0.717, 1.165) is 36.1 Å². The molecule has 0 saturated heterocycles. The number of hydrogen-bond donors (Lipinski definition) is 1. The fourth-order valence-corrected chi connectivity index (χ4v) is 4.12. The summed E-state index contributed by atoms with van der Waals surface area (Å²) >= 11 is 1.70. The van der Waals surface area contributed by atoms with E-state index in [1.807, 2.05) is 18.4 Å². The second kappa shape index (κ2) is 5.61. The molecule has 0 spiro atoms. The first kappa shape index (κ1) is 14.3. The lowest BCUT2D eigenvalue weighted by atomic mass is 9.97. The van der Waals surface area contributed by atoms with Crippen LogP contribution in [0, 0.1) is 6.92 Å². The first-order valence-corrected chi connectivity index (χ1v) is 9.14. The summed E-state index contributed by atoms with van der Waals surface area (Å²) in [7, 11) is -3.60. The molecule has 1 aliphatic carbocycles. The van der Waals surface area contributed by atoms with Gasteiger partial charge in [0.1, 0.15) is 0 Å². The van der Waals surface area contributed by atoms with Gasteiger partial charge in [0.2, 0.25) is 0 Å². The third-order valence-electron chi connectivity index (χ3n) is 3.51. The van der Waals surface area contributed by atoms with Crippen molar-refractivity contribution >= 4 is 27.1 Å². The molecule has 21 heavy (non-hydrogen) atoms. The van der Waals surface area contributed by atoms with Gasteiger partial charge in [-0.25, -0.2) is 0 Å². The van der Waals surface area contributed by atoms with Crippen LogP contribution in [0.25, 0.3) is 0 Å². The van der Waals surface area contributed by atoms with Crippen LogP contribution in [0.1, 0.15) is 28.8 Å². The Bertz CT molecular complexity index is 774. The van der Waals surface area contributed by atoms with Crippen molar-refractivity contribution in [2.45, 2.75) is 31.1 Å². The number of benzene rings is 1. The van der Waals surface area contributed by atoms with Gasteiger partial charge in [-0.3, -0.25) is 0 Å². The molecule has 1 heterocycles. The van der Waals surface area contributed by atoms with Crippen LogP contribution >= 0.6 is 11.3 Å². The Kier molecular flexibility index (Phi) is 3.82. The molecule has 0 amide bonds. The van der Waals surface area contributed by atoms with E-state index in [2.05, 4.69) is 9.93 Å². The van der Waals surface area contributed by atoms with Gasteiger partial charge in [0.15, 0.2) is 0 Å². The largest absolute Gasteiger partial charge is 0.276 e. The van der Waals surface area contributed by atoms with Gasteiger partial charge in [-0.15, -0.1) is 11.3 Å². The molecule has 4 nitrogen and oxygen atoms in total. The van der Waals surface area contributed by atoms with Gasteiger partial charge in [0.05, 0.1) is 10.6 Å². The molecule has 0 aliphatic heterocycles. The summed E-state index contributed by atoms with van der Waals surface area (Å²) in [6.45, 7) is 1.92. The molecule has 0 fully saturated rings. The van der Waals surface area contributed by atoms with Crippen molar-refractivity contribution in [2.24, 2.45) is 5.10 Å². The van der Waals surface area contributed by atoms with Gasteiger partial charge in [-0.2, -0.15) is 18.4 Å². The maximum absolute atomic E-state index is 12.2. The highest BCUT2D eigenvalue weighted by Gasteiger charge is 2.18. The number of fused-ring (bicyclic) bond motifs is 1. The molecule has 1 aliphatic rings. The van der Waals surface area contributed by atoms with Crippen LogP contribution in [0.5, 0.6) is 0 Å². The fourth-order valence-electron chi connectivity index (χ4n) is 2.34. The molecule has 1 aromatic carbocycles. The zero-order valence-electron chi connectivity index (χ0n) is 11.7. The zero-order valence-corrected chi connectivity index (χ0v) is 13.3. The lowest BCUT2D eigenvalue weighted by molar-refractivity contribution is 0.584. The van der Waals surface area contributed by atoms with Crippen molar-refractivity contribution < 1.29 is 8.42 Å². The first-order valence-electron chi connectivity index (χ1n) is 6.78. The number of hydrogen-bond acceptors (Lipinski definition) is 4. The summed E-state index contributed by atoms with van der Waals surface area (Å²) < 4.78 is 24.4. The third kappa shape index (κ3) is 3.01. The summed E-state index contributed by atoms with van der Waals surface area (Å²) in [4.78, 5) is 3.88. The lowest BCUT2D eigenvalue weighted by Gasteiger charge is -2.14. The predicted octanol–water partition coefficient (Wildman–Crippen LogP) is 3.08. The molecule has 2 aromatic rings. The SMILES string of the molecule is Cc1ccc(S(=O)(=O)NN=C2CCCc3sccc32)cc1. The van der Waals surface area contributed by atoms with E-state index in [1.54, 1.807) is 35.6 Å². The molecule has 1 aromatic heterocycles.